The molecule has 0 saturated carbocycles. The van der Waals surface area contributed by atoms with Crippen molar-refractivity contribution in [1.29, 1.82) is 0 Å². The van der Waals surface area contributed by atoms with E-state index in [4.69, 9.17) is 0 Å². The molecule has 13 heavy (non-hydrogen) atoms. The molecule has 0 spiro atoms. The topological polar surface area (TPSA) is 12.0 Å². The molecule has 1 fully saturated rings. The van der Waals surface area contributed by atoms with Gasteiger partial charge in [-0.25, -0.2) is 0 Å². The predicted octanol–water partition coefficient (Wildman–Crippen LogP) is 2.46. The van der Waals surface area contributed by atoms with Crippen molar-refractivity contribution in [1.82, 2.24) is 5.32 Å². The minimum absolute atomic E-state index is 0.744. The summed E-state index contributed by atoms with van der Waals surface area (Å²) < 4.78 is 0. The molecule has 1 aliphatic rings. The average molecular weight is 175 g/mol. The van der Waals surface area contributed by atoms with Crippen LogP contribution in [0.2, 0.25) is 0 Å². The van der Waals surface area contributed by atoms with Gasteiger partial charge in [0, 0.05) is 6.54 Å². The van der Waals surface area contributed by atoms with Crippen LogP contribution < -0.4 is 5.32 Å². The van der Waals surface area contributed by atoms with Gasteiger partial charge in [-0.05, 0) is 37.8 Å². The number of hydrogen-bond donors (Lipinski definition) is 1. The van der Waals surface area contributed by atoms with Crippen LogP contribution in [-0.4, -0.2) is 13.1 Å². The monoisotopic (exact) mass is 175 g/mol. The van der Waals surface area contributed by atoms with Crippen molar-refractivity contribution >= 4 is 0 Å². The summed E-state index contributed by atoms with van der Waals surface area (Å²) in [7, 11) is 0. The second-order valence-corrected chi connectivity index (χ2v) is 3.96. The zero-order valence-electron chi connectivity index (χ0n) is 8.22. The van der Waals surface area contributed by atoms with Crippen LogP contribution in [0.4, 0.5) is 0 Å². The second-order valence-electron chi connectivity index (χ2n) is 3.96. The molecule has 70 valence electrons. The lowest BCUT2D eigenvalue weighted by Crippen LogP contribution is -2.28. The van der Waals surface area contributed by atoms with Crippen LogP contribution in [0.3, 0.4) is 0 Å². The molecule has 1 atom stereocenters. The molecule has 2 rings (SSSR count). The lowest BCUT2D eigenvalue weighted by Gasteiger charge is -2.23. The first-order valence-corrected chi connectivity index (χ1v) is 5.13. The van der Waals surface area contributed by atoms with Gasteiger partial charge in [-0.1, -0.05) is 29.8 Å². The maximum absolute atomic E-state index is 3.45. The Kier molecular flexibility index (Phi) is 2.65. The first kappa shape index (κ1) is 8.76. The number of piperidine rings is 1. The van der Waals surface area contributed by atoms with Crippen LogP contribution in [0.15, 0.2) is 24.3 Å². The van der Waals surface area contributed by atoms with Crippen LogP contribution in [0, 0.1) is 6.92 Å². The van der Waals surface area contributed by atoms with Gasteiger partial charge in [0.05, 0.1) is 0 Å². The van der Waals surface area contributed by atoms with Gasteiger partial charge in [0.25, 0.3) is 0 Å². The summed E-state index contributed by atoms with van der Waals surface area (Å²) in [5, 5.41) is 3.45. The van der Waals surface area contributed by atoms with E-state index in [2.05, 4.69) is 36.5 Å². The molecule has 1 aromatic carbocycles. The molecule has 0 bridgehead atoms. The van der Waals surface area contributed by atoms with Crippen LogP contribution in [0.5, 0.6) is 0 Å². The summed E-state index contributed by atoms with van der Waals surface area (Å²) in [6.07, 6.45) is 2.66. The van der Waals surface area contributed by atoms with Gasteiger partial charge in [-0.2, -0.15) is 0 Å². The van der Waals surface area contributed by atoms with Gasteiger partial charge in [-0.15, -0.1) is 0 Å². The Balaban J connectivity index is 2.14. The lowest BCUT2D eigenvalue weighted by atomic mass is 9.91. The third kappa shape index (κ3) is 2.10. The molecule has 0 amide bonds. The van der Waals surface area contributed by atoms with E-state index in [9.17, 15) is 0 Å². The molecule has 0 aromatic heterocycles. The van der Waals surface area contributed by atoms with Crippen molar-refractivity contribution in [3.63, 3.8) is 0 Å². The largest absolute Gasteiger partial charge is 0.316 e. The Bertz CT molecular complexity index is 274. The summed E-state index contributed by atoms with van der Waals surface area (Å²) >= 11 is 0. The quantitative estimate of drug-likeness (QED) is 0.691. The Morgan fingerprint density at radius 3 is 3.00 bits per heavy atom. The minimum atomic E-state index is 0.744. The van der Waals surface area contributed by atoms with Crippen molar-refractivity contribution in [2.75, 3.05) is 13.1 Å². The Morgan fingerprint density at radius 2 is 2.31 bits per heavy atom. The van der Waals surface area contributed by atoms with Crippen LogP contribution in [0.1, 0.15) is 29.9 Å². The summed E-state index contributed by atoms with van der Waals surface area (Å²) in [6.45, 7) is 4.52. The number of hydrogen-bond acceptors (Lipinski definition) is 1. The maximum Gasteiger partial charge on any atom is 0.00201 e. The number of rotatable bonds is 1. The smallest absolute Gasteiger partial charge is 0.00201 e. The highest BCUT2D eigenvalue weighted by Gasteiger charge is 2.14. The minimum Gasteiger partial charge on any atom is -0.316 e. The van der Waals surface area contributed by atoms with Gasteiger partial charge >= 0.3 is 0 Å². The summed E-state index contributed by atoms with van der Waals surface area (Å²) in [5.41, 5.74) is 2.88. The zero-order valence-corrected chi connectivity index (χ0v) is 8.22. The van der Waals surface area contributed by atoms with Crippen molar-refractivity contribution in [2.45, 2.75) is 25.7 Å². The number of aryl methyl sites for hydroxylation is 1. The highest BCUT2D eigenvalue weighted by molar-refractivity contribution is 5.26. The van der Waals surface area contributed by atoms with Gasteiger partial charge < -0.3 is 5.32 Å². The van der Waals surface area contributed by atoms with Crippen molar-refractivity contribution in [3.05, 3.63) is 35.4 Å². The fourth-order valence-electron chi connectivity index (χ4n) is 2.06. The van der Waals surface area contributed by atoms with E-state index in [1.165, 1.54) is 30.5 Å². The van der Waals surface area contributed by atoms with Crippen LogP contribution in [-0.2, 0) is 0 Å². The Hall–Kier alpha value is -0.820. The summed E-state index contributed by atoms with van der Waals surface area (Å²) in [4.78, 5) is 0. The SMILES string of the molecule is Cc1cccc([C@@H]2CCCNC2)c1. The number of benzene rings is 1. The lowest BCUT2D eigenvalue weighted by molar-refractivity contribution is 0.461. The fourth-order valence-corrected chi connectivity index (χ4v) is 2.06. The van der Waals surface area contributed by atoms with E-state index in [0.717, 1.165) is 12.5 Å². The van der Waals surface area contributed by atoms with Gasteiger partial charge in [0.2, 0.25) is 0 Å². The number of nitrogens with one attached hydrogen (secondary N) is 1. The first-order chi connectivity index (χ1) is 6.36. The molecule has 1 saturated heterocycles. The van der Waals surface area contributed by atoms with Crippen molar-refractivity contribution in [3.8, 4) is 0 Å². The van der Waals surface area contributed by atoms with E-state index in [-0.39, 0.29) is 0 Å². The van der Waals surface area contributed by atoms with E-state index in [0.29, 0.717) is 0 Å². The first-order valence-electron chi connectivity index (χ1n) is 5.13. The third-order valence-electron chi connectivity index (χ3n) is 2.81. The fraction of sp³-hybridized carbons (Fsp3) is 0.500. The van der Waals surface area contributed by atoms with Gasteiger partial charge in [0.15, 0.2) is 0 Å². The maximum atomic E-state index is 3.45. The molecule has 1 N–H and O–H groups in total. The molecular weight excluding hydrogens is 158 g/mol. The normalized spacial score (nSPS) is 23.0. The zero-order chi connectivity index (χ0) is 9.10. The average Bonchev–Trinajstić information content (AvgIpc) is 2.19. The molecule has 1 aromatic rings. The molecule has 1 heterocycles. The standard InChI is InChI=1S/C12H17N/c1-10-4-2-5-11(8-10)12-6-3-7-13-9-12/h2,4-5,8,12-13H,3,6-7,9H2,1H3/t12-/m1/s1. The van der Waals surface area contributed by atoms with Gasteiger partial charge in [0.1, 0.15) is 0 Å². The Labute approximate surface area is 80.2 Å². The molecule has 1 heteroatoms. The van der Waals surface area contributed by atoms with Gasteiger partial charge in [-0.3, -0.25) is 0 Å². The van der Waals surface area contributed by atoms with Crippen molar-refractivity contribution < 1.29 is 0 Å². The van der Waals surface area contributed by atoms with E-state index < -0.39 is 0 Å². The van der Waals surface area contributed by atoms with E-state index >= 15 is 0 Å². The second kappa shape index (κ2) is 3.93. The Morgan fingerprint density at radius 1 is 1.38 bits per heavy atom. The van der Waals surface area contributed by atoms with Crippen LogP contribution in [0.25, 0.3) is 0 Å². The molecule has 0 radical (unpaired) electrons. The van der Waals surface area contributed by atoms with Crippen LogP contribution >= 0.6 is 0 Å². The third-order valence-corrected chi connectivity index (χ3v) is 2.81. The van der Waals surface area contributed by atoms with Crippen molar-refractivity contribution in [2.24, 2.45) is 0 Å². The molecule has 1 nitrogen and oxygen atoms in total. The molecule has 0 aliphatic carbocycles. The summed E-state index contributed by atoms with van der Waals surface area (Å²) in [5.74, 6) is 0.744. The predicted molar refractivity (Wildman–Crippen MR) is 56.0 cm³/mol. The summed E-state index contributed by atoms with van der Waals surface area (Å²) in [6, 6.07) is 8.90. The highest BCUT2D eigenvalue weighted by Crippen LogP contribution is 2.23. The van der Waals surface area contributed by atoms with E-state index in [1.54, 1.807) is 0 Å². The highest BCUT2D eigenvalue weighted by atomic mass is 14.9. The molecule has 1 aliphatic heterocycles. The molecular formula is C12H17N. The molecule has 0 unspecified atom stereocenters. The van der Waals surface area contributed by atoms with E-state index in [1.807, 2.05) is 0 Å².